The average molecular weight is 369 g/mol. The van der Waals surface area contributed by atoms with Crippen molar-refractivity contribution in [3.05, 3.63) is 75.0 Å². The second-order valence-electron chi connectivity index (χ2n) is 7.61. The van der Waals surface area contributed by atoms with Gasteiger partial charge in [0.1, 0.15) is 5.75 Å². The number of aryl methyl sites for hydroxylation is 1. The summed E-state index contributed by atoms with van der Waals surface area (Å²) in [5.74, 6) is 0.215. The third-order valence-electron chi connectivity index (χ3n) is 4.56. The number of ether oxygens (including phenoxy) is 1. The van der Waals surface area contributed by atoms with E-state index < -0.39 is 0 Å². The summed E-state index contributed by atoms with van der Waals surface area (Å²) < 4.78 is 6.10. The van der Waals surface area contributed by atoms with Gasteiger partial charge in [-0.25, -0.2) is 0 Å². The fourth-order valence-corrected chi connectivity index (χ4v) is 3.40. The third kappa shape index (κ3) is 3.08. The van der Waals surface area contributed by atoms with Crippen molar-refractivity contribution in [1.29, 1.82) is 0 Å². The normalized spacial score (nSPS) is 14.5. The predicted molar refractivity (Wildman–Crippen MR) is 103 cm³/mol. The van der Waals surface area contributed by atoms with Crippen molar-refractivity contribution in [1.82, 2.24) is 0 Å². The first-order chi connectivity index (χ1) is 12.1. The van der Waals surface area contributed by atoms with E-state index in [4.69, 9.17) is 16.3 Å². The van der Waals surface area contributed by atoms with Crippen molar-refractivity contribution >= 4 is 23.2 Å². The largest absolute Gasteiger partial charge is 0.452 e. The molecule has 0 N–H and O–H groups in total. The lowest BCUT2D eigenvalue weighted by Crippen LogP contribution is -2.25. The first kappa shape index (κ1) is 18.4. The number of carbonyl (C=O) groups is 2. The molecular weight excluding hydrogens is 348 g/mol. The van der Waals surface area contributed by atoms with Gasteiger partial charge >= 0.3 is 0 Å². The van der Waals surface area contributed by atoms with Gasteiger partial charge in [-0.15, -0.1) is 0 Å². The molecule has 0 aliphatic heterocycles. The van der Waals surface area contributed by atoms with Gasteiger partial charge in [-0.2, -0.15) is 0 Å². The number of fused-ring (bicyclic) bond motifs is 1. The summed E-state index contributed by atoms with van der Waals surface area (Å²) in [6.45, 7) is 9.67. The van der Waals surface area contributed by atoms with Crippen LogP contribution in [0.4, 0.5) is 0 Å². The number of benzene rings is 2. The maximum atomic E-state index is 13.0. The SMILES string of the molecule is CC1=C(Oc2c(C)cc(Cl)cc2C(C)(C)C)C(=O)c2ccccc2C1=O. The highest BCUT2D eigenvalue weighted by Gasteiger charge is 2.33. The van der Waals surface area contributed by atoms with Crippen LogP contribution in [-0.4, -0.2) is 11.6 Å². The molecule has 1 aliphatic rings. The maximum absolute atomic E-state index is 13.0. The number of ketones is 2. The van der Waals surface area contributed by atoms with Crippen LogP contribution in [0.3, 0.4) is 0 Å². The predicted octanol–water partition coefficient (Wildman–Crippen LogP) is 5.68. The highest BCUT2D eigenvalue weighted by molar-refractivity contribution is 6.30. The van der Waals surface area contributed by atoms with Crippen molar-refractivity contribution in [3.8, 4) is 5.75 Å². The van der Waals surface area contributed by atoms with Crippen LogP contribution in [0.5, 0.6) is 5.75 Å². The number of rotatable bonds is 2. The molecule has 3 rings (SSSR count). The van der Waals surface area contributed by atoms with Crippen molar-refractivity contribution in [2.75, 3.05) is 0 Å². The van der Waals surface area contributed by atoms with Crippen molar-refractivity contribution in [2.24, 2.45) is 0 Å². The third-order valence-corrected chi connectivity index (χ3v) is 4.77. The standard InChI is InChI=1S/C22H21ClO3/c1-12-10-14(23)11-17(22(3,4)5)20(12)26-21-13(2)18(24)15-8-6-7-9-16(15)19(21)25/h6-11H,1-5H3. The van der Waals surface area contributed by atoms with Gasteiger partial charge in [-0.1, -0.05) is 56.6 Å². The Bertz CT molecular complexity index is 962. The summed E-state index contributed by atoms with van der Waals surface area (Å²) in [5, 5.41) is 0.613. The lowest BCUT2D eigenvalue weighted by molar-refractivity contribution is 0.0936. The molecule has 0 aromatic heterocycles. The maximum Gasteiger partial charge on any atom is 0.229 e. The monoisotopic (exact) mass is 368 g/mol. The summed E-state index contributed by atoms with van der Waals surface area (Å²) in [6, 6.07) is 10.5. The van der Waals surface area contributed by atoms with Gasteiger partial charge in [-0.05, 0) is 37.0 Å². The highest BCUT2D eigenvalue weighted by atomic mass is 35.5. The molecule has 26 heavy (non-hydrogen) atoms. The van der Waals surface area contributed by atoms with Gasteiger partial charge in [0.15, 0.2) is 11.5 Å². The van der Waals surface area contributed by atoms with E-state index in [1.54, 1.807) is 37.3 Å². The first-order valence-electron chi connectivity index (χ1n) is 8.49. The van der Waals surface area contributed by atoms with Gasteiger partial charge in [-0.3, -0.25) is 9.59 Å². The summed E-state index contributed by atoms with van der Waals surface area (Å²) in [5.41, 5.74) is 2.60. The van der Waals surface area contributed by atoms with Crippen molar-refractivity contribution < 1.29 is 14.3 Å². The van der Waals surface area contributed by atoms with Crippen molar-refractivity contribution in [2.45, 2.75) is 40.0 Å². The molecule has 0 heterocycles. The highest BCUT2D eigenvalue weighted by Crippen LogP contribution is 2.39. The molecule has 2 aromatic rings. The minimum atomic E-state index is -0.271. The Morgan fingerprint density at radius 3 is 2.08 bits per heavy atom. The van der Waals surface area contributed by atoms with Gasteiger partial charge < -0.3 is 4.74 Å². The van der Waals surface area contributed by atoms with E-state index in [9.17, 15) is 9.59 Å². The molecule has 0 spiro atoms. The van der Waals surface area contributed by atoms with E-state index in [0.717, 1.165) is 11.1 Å². The minimum Gasteiger partial charge on any atom is -0.452 e. The number of carbonyl (C=O) groups excluding carboxylic acids is 2. The zero-order chi connectivity index (χ0) is 19.2. The van der Waals surface area contributed by atoms with Crippen molar-refractivity contribution in [3.63, 3.8) is 0 Å². The zero-order valence-corrected chi connectivity index (χ0v) is 16.3. The summed E-state index contributed by atoms with van der Waals surface area (Å²) in [7, 11) is 0. The van der Waals surface area contributed by atoms with E-state index in [0.29, 0.717) is 27.5 Å². The molecule has 0 bridgehead atoms. The lowest BCUT2D eigenvalue weighted by Gasteiger charge is -2.26. The van der Waals surface area contributed by atoms with Gasteiger partial charge in [0.25, 0.3) is 0 Å². The van der Waals surface area contributed by atoms with Crippen LogP contribution in [-0.2, 0) is 5.41 Å². The van der Waals surface area contributed by atoms with Crippen LogP contribution >= 0.6 is 11.6 Å². The summed E-state index contributed by atoms with van der Waals surface area (Å²) >= 11 is 6.23. The zero-order valence-electron chi connectivity index (χ0n) is 15.6. The Labute approximate surface area is 158 Å². The van der Waals surface area contributed by atoms with Crippen LogP contribution in [0, 0.1) is 6.92 Å². The molecule has 0 fully saturated rings. The number of allylic oxidation sites excluding steroid dienone is 2. The molecule has 0 unspecified atom stereocenters. The average Bonchev–Trinajstić information content (AvgIpc) is 2.57. The minimum absolute atomic E-state index is 0.0876. The van der Waals surface area contributed by atoms with E-state index in [1.165, 1.54) is 0 Å². The van der Waals surface area contributed by atoms with Crippen LogP contribution in [0.1, 0.15) is 59.5 Å². The molecule has 3 nitrogen and oxygen atoms in total. The molecule has 0 atom stereocenters. The van der Waals surface area contributed by atoms with E-state index in [-0.39, 0.29) is 22.7 Å². The Balaban J connectivity index is 2.15. The second kappa shape index (κ2) is 6.40. The molecule has 2 aromatic carbocycles. The van der Waals surface area contributed by atoms with Gasteiger partial charge in [0, 0.05) is 27.3 Å². The van der Waals surface area contributed by atoms with Crippen LogP contribution in [0.25, 0.3) is 0 Å². The Kier molecular flexibility index (Phi) is 4.53. The number of Topliss-reactive ketones (excluding diaryl/α,β-unsaturated/α-hetero) is 2. The molecule has 0 radical (unpaired) electrons. The summed E-state index contributed by atoms with van der Waals surface area (Å²) in [4.78, 5) is 25.6. The van der Waals surface area contributed by atoms with Crippen LogP contribution in [0.2, 0.25) is 5.02 Å². The Morgan fingerprint density at radius 1 is 0.923 bits per heavy atom. The lowest BCUT2D eigenvalue weighted by atomic mass is 9.85. The van der Waals surface area contributed by atoms with E-state index in [2.05, 4.69) is 20.8 Å². The van der Waals surface area contributed by atoms with Gasteiger partial charge in [0.2, 0.25) is 5.78 Å². The molecule has 0 amide bonds. The van der Waals surface area contributed by atoms with E-state index >= 15 is 0 Å². The number of hydrogen-bond donors (Lipinski definition) is 0. The topological polar surface area (TPSA) is 43.4 Å². The molecule has 0 saturated heterocycles. The Morgan fingerprint density at radius 2 is 1.50 bits per heavy atom. The Hall–Kier alpha value is -2.39. The molecule has 0 saturated carbocycles. The summed E-state index contributed by atoms with van der Waals surface area (Å²) in [6.07, 6.45) is 0. The van der Waals surface area contributed by atoms with Crippen LogP contribution in [0.15, 0.2) is 47.7 Å². The van der Waals surface area contributed by atoms with Gasteiger partial charge in [0.05, 0.1) is 0 Å². The van der Waals surface area contributed by atoms with E-state index in [1.807, 2.05) is 13.0 Å². The van der Waals surface area contributed by atoms with Crippen LogP contribution < -0.4 is 4.74 Å². The first-order valence-corrected chi connectivity index (χ1v) is 8.87. The number of hydrogen-bond acceptors (Lipinski definition) is 3. The molecular formula is C22H21ClO3. The number of halogens is 1. The second-order valence-corrected chi connectivity index (χ2v) is 8.05. The molecule has 4 heteroatoms. The fourth-order valence-electron chi connectivity index (χ4n) is 3.12. The smallest absolute Gasteiger partial charge is 0.229 e. The molecule has 1 aliphatic carbocycles. The quantitative estimate of drug-likeness (QED) is 0.685. The molecule has 134 valence electrons. The fraction of sp³-hybridized carbons (Fsp3) is 0.273.